The van der Waals surface area contributed by atoms with Crippen LogP contribution in [-0.4, -0.2) is 19.2 Å². The summed E-state index contributed by atoms with van der Waals surface area (Å²) in [4.78, 5) is 3.23. The minimum atomic E-state index is 0.0623. The van der Waals surface area contributed by atoms with E-state index >= 15 is 0 Å². The molecule has 3 aromatic carbocycles. The molecular formula is C21H22N2OS. The molecule has 0 saturated carbocycles. The summed E-state index contributed by atoms with van der Waals surface area (Å²) in [6.07, 6.45) is 0. The van der Waals surface area contributed by atoms with Crippen LogP contribution in [0.1, 0.15) is 5.56 Å². The number of anilines is 2. The van der Waals surface area contributed by atoms with Gasteiger partial charge in [-0.25, -0.2) is 0 Å². The maximum Gasteiger partial charge on any atom is 0.0682 e. The summed E-state index contributed by atoms with van der Waals surface area (Å²) in [5.41, 5.74) is 5.44. The Bertz CT molecular complexity index is 831. The minimum Gasteiger partial charge on any atom is -0.392 e. The van der Waals surface area contributed by atoms with E-state index in [0.717, 1.165) is 27.3 Å². The summed E-state index contributed by atoms with van der Waals surface area (Å²) in [5.74, 6) is 0. The standard InChI is InChI=1S/C21H22N2OS/c1-23(2)20-11-9-19(10-12-20)22-25-21-8-4-7-18(14-21)17-6-3-5-16(13-17)15-24/h3-14,22,24H,15H2,1-2H3. The van der Waals surface area contributed by atoms with E-state index in [1.807, 2.05) is 32.3 Å². The summed E-state index contributed by atoms with van der Waals surface area (Å²) in [6.45, 7) is 0.0623. The molecule has 0 heterocycles. The number of nitrogens with zero attached hydrogens (tertiary/aromatic N) is 1. The second-order valence-electron chi connectivity index (χ2n) is 6.03. The molecule has 0 radical (unpaired) electrons. The van der Waals surface area contributed by atoms with Crippen LogP contribution in [0.3, 0.4) is 0 Å². The molecule has 2 N–H and O–H groups in total. The Hall–Kier alpha value is -2.43. The number of nitrogens with one attached hydrogen (secondary N) is 1. The van der Waals surface area contributed by atoms with E-state index in [-0.39, 0.29) is 6.61 Å². The van der Waals surface area contributed by atoms with Gasteiger partial charge in [0.05, 0.1) is 6.61 Å². The Morgan fingerprint density at radius 3 is 2.24 bits per heavy atom. The Kier molecular flexibility index (Phi) is 5.64. The normalized spacial score (nSPS) is 10.5. The number of aliphatic hydroxyl groups excluding tert-OH is 1. The molecule has 128 valence electrons. The lowest BCUT2D eigenvalue weighted by Gasteiger charge is -2.13. The summed E-state index contributed by atoms with van der Waals surface area (Å²) >= 11 is 1.59. The molecule has 0 aromatic heterocycles. The van der Waals surface area contributed by atoms with E-state index in [1.54, 1.807) is 11.9 Å². The van der Waals surface area contributed by atoms with E-state index in [4.69, 9.17) is 0 Å². The first-order chi connectivity index (χ1) is 12.2. The average molecular weight is 350 g/mol. The summed E-state index contributed by atoms with van der Waals surface area (Å²) in [7, 11) is 4.07. The molecule has 3 rings (SSSR count). The van der Waals surface area contributed by atoms with Crippen molar-refractivity contribution in [3.63, 3.8) is 0 Å². The third kappa shape index (κ3) is 4.56. The predicted molar refractivity (Wildman–Crippen MR) is 108 cm³/mol. The fraction of sp³-hybridized carbons (Fsp3) is 0.143. The van der Waals surface area contributed by atoms with Crippen LogP contribution >= 0.6 is 11.9 Å². The van der Waals surface area contributed by atoms with Gasteiger partial charge in [0.15, 0.2) is 0 Å². The van der Waals surface area contributed by atoms with Crippen LogP contribution < -0.4 is 9.62 Å². The zero-order valence-electron chi connectivity index (χ0n) is 14.4. The molecule has 0 saturated heterocycles. The van der Waals surface area contributed by atoms with Crippen LogP contribution in [0.4, 0.5) is 11.4 Å². The lowest BCUT2D eigenvalue weighted by Crippen LogP contribution is -2.07. The second-order valence-corrected chi connectivity index (χ2v) is 6.91. The van der Waals surface area contributed by atoms with Crippen molar-refractivity contribution in [3.8, 4) is 11.1 Å². The minimum absolute atomic E-state index is 0.0623. The van der Waals surface area contributed by atoms with Gasteiger partial charge >= 0.3 is 0 Å². The number of benzene rings is 3. The van der Waals surface area contributed by atoms with Crippen molar-refractivity contribution < 1.29 is 5.11 Å². The summed E-state index contributed by atoms with van der Waals surface area (Å²) in [6, 6.07) is 24.7. The zero-order valence-corrected chi connectivity index (χ0v) is 15.3. The van der Waals surface area contributed by atoms with E-state index < -0.39 is 0 Å². The van der Waals surface area contributed by atoms with E-state index in [2.05, 4.69) is 64.2 Å². The first-order valence-electron chi connectivity index (χ1n) is 8.16. The molecule has 0 aliphatic carbocycles. The Morgan fingerprint density at radius 2 is 1.56 bits per heavy atom. The molecule has 0 atom stereocenters. The van der Waals surface area contributed by atoms with Gasteiger partial charge in [-0.15, -0.1) is 0 Å². The highest BCUT2D eigenvalue weighted by Gasteiger charge is 2.02. The number of rotatable bonds is 6. The monoisotopic (exact) mass is 350 g/mol. The van der Waals surface area contributed by atoms with E-state index in [1.165, 1.54) is 5.69 Å². The van der Waals surface area contributed by atoms with Crippen molar-refractivity contribution in [2.24, 2.45) is 0 Å². The molecule has 25 heavy (non-hydrogen) atoms. The van der Waals surface area contributed by atoms with Crippen LogP contribution in [0.2, 0.25) is 0 Å². The zero-order chi connectivity index (χ0) is 17.6. The van der Waals surface area contributed by atoms with E-state index in [9.17, 15) is 5.11 Å². The Morgan fingerprint density at radius 1 is 0.880 bits per heavy atom. The number of hydrogen-bond donors (Lipinski definition) is 2. The molecular weight excluding hydrogens is 328 g/mol. The van der Waals surface area contributed by atoms with Crippen molar-refractivity contribution >= 4 is 23.3 Å². The highest BCUT2D eigenvalue weighted by molar-refractivity contribution is 8.00. The van der Waals surface area contributed by atoms with Crippen LogP contribution in [0.25, 0.3) is 11.1 Å². The molecule has 3 nitrogen and oxygen atoms in total. The van der Waals surface area contributed by atoms with Gasteiger partial charge in [0.1, 0.15) is 0 Å². The first-order valence-corrected chi connectivity index (χ1v) is 8.98. The highest BCUT2D eigenvalue weighted by atomic mass is 32.2. The maximum absolute atomic E-state index is 9.31. The highest BCUT2D eigenvalue weighted by Crippen LogP contribution is 2.28. The fourth-order valence-electron chi connectivity index (χ4n) is 2.53. The van der Waals surface area contributed by atoms with Crippen molar-refractivity contribution in [2.75, 3.05) is 23.7 Å². The molecule has 0 fully saturated rings. The van der Waals surface area contributed by atoms with Crippen LogP contribution in [0.15, 0.2) is 77.7 Å². The lowest BCUT2D eigenvalue weighted by atomic mass is 10.0. The predicted octanol–water partition coefficient (Wildman–Crippen LogP) is 5.03. The van der Waals surface area contributed by atoms with Gasteiger partial charge in [-0.3, -0.25) is 0 Å². The number of aliphatic hydroxyl groups is 1. The van der Waals surface area contributed by atoms with Crippen molar-refractivity contribution in [1.29, 1.82) is 0 Å². The smallest absolute Gasteiger partial charge is 0.0682 e. The quantitative estimate of drug-likeness (QED) is 0.611. The van der Waals surface area contributed by atoms with Gasteiger partial charge in [0, 0.05) is 30.4 Å². The first kappa shape index (κ1) is 17.4. The molecule has 4 heteroatoms. The molecule has 0 aliphatic rings. The van der Waals surface area contributed by atoms with Gasteiger partial charge in [0.25, 0.3) is 0 Å². The fourth-order valence-corrected chi connectivity index (χ4v) is 3.24. The summed E-state index contributed by atoms with van der Waals surface area (Å²) < 4.78 is 3.39. The van der Waals surface area contributed by atoms with Crippen molar-refractivity contribution in [1.82, 2.24) is 0 Å². The topological polar surface area (TPSA) is 35.5 Å². The molecule has 0 bridgehead atoms. The molecule has 3 aromatic rings. The van der Waals surface area contributed by atoms with Crippen LogP contribution in [-0.2, 0) is 6.61 Å². The SMILES string of the molecule is CN(C)c1ccc(NSc2cccc(-c3cccc(CO)c3)c2)cc1. The molecule has 0 spiro atoms. The van der Waals surface area contributed by atoms with E-state index in [0.29, 0.717) is 0 Å². The average Bonchev–Trinajstić information content (AvgIpc) is 2.67. The van der Waals surface area contributed by atoms with Gasteiger partial charge in [0.2, 0.25) is 0 Å². The van der Waals surface area contributed by atoms with Gasteiger partial charge < -0.3 is 14.7 Å². The maximum atomic E-state index is 9.31. The van der Waals surface area contributed by atoms with Gasteiger partial charge in [-0.1, -0.05) is 30.3 Å². The Balaban J connectivity index is 1.71. The van der Waals surface area contributed by atoms with Gasteiger partial charge in [-0.05, 0) is 71.1 Å². The second kappa shape index (κ2) is 8.10. The largest absolute Gasteiger partial charge is 0.392 e. The lowest BCUT2D eigenvalue weighted by molar-refractivity contribution is 0.282. The van der Waals surface area contributed by atoms with Crippen LogP contribution in [0.5, 0.6) is 0 Å². The molecule has 0 unspecified atom stereocenters. The Labute approximate surface area is 153 Å². The van der Waals surface area contributed by atoms with Crippen LogP contribution in [0, 0.1) is 0 Å². The third-order valence-electron chi connectivity index (χ3n) is 3.95. The number of hydrogen-bond acceptors (Lipinski definition) is 4. The summed E-state index contributed by atoms with van der Waals surface area (Å²) in [5, 5.41) is 9.31. The van der Waals surface area contributed by atoms with Crippen molar-refractivity contribution in [2.45, 2.75) is 11.5 Å². The third-order valence-corrected chi connectivity index (χ3v) is 4.77. The molecule has 0 aliphatic heterocycles. The molecule has 0 amide bonds. The van der Waals surface area contributed by atoms with Crippen molar-refractivity contribution in [3.05, 3.63) is 78.4 Å². The van der Waals surface area contributed by atoms with Gasteiger partial charge in [-0.2, -0.15) is 0 Å².